The van der Waals surface area contributed by atoms with Gasteiger partial charge in [-0.25, -0.2) is 9.83 Å². The van der Waals surface area contributed by atoms with E-state index in [1.807, 2.05) is 64.4 Å². The molecule has 1 aliphatic heterocycles. The van der Waals surface area contributed by atoms with E-state index >= 15 is 0 Å². The van der Waals surface area contributed by atoms with Crippen molar-refractivity contribution in [3.63, 3.8) is 0 Å². The Kier molecular flexibility index (Phi) is 14.6. The average Bonchev–Trinajstić information content (AvgIpc) is 3.00. The third kappa shape index (κ3) is 10.1. The van der Waals surface area contributed by atoms with Crippen LogP contribution in [0, 0.1) is 24.8 Å². The predicted octanol–water partition coefficient (Wildman–Crippen LogP) is 4.06. The van der Waals surface area contributed by atoms with Crippen LogP contribution in [0.15, 0.2) is 64.3 Å². The number of hydrogen-bond donors (Lipinski definition) is 0. The van der Waals surface area contributed by atoms with Gasteiger partial charge in [-0.2, -0.15) is 5.26 Å². The van der Waals surface area contributed by atoms with Gasteiger partial charge in [0.2, 0.25) is 0 Å². The minimum atomic E-state index is -0.654. The molecule has 11 nitrogen and oxygen atoms in total. The molecule has 3 heterocycles. The van der Waals surface area contributed by atoms with Gasteiger partial charge in [-0.05, 0) is 77.5 Å². The number of allylic oxidation sites excluding steroid dienone is 2. The van der Waals surface area contributed by atoms with Gasteiger partial charge in [0.05, 0.1) is 18.8 Å². The summed E-state index contributed by atoms with van der Waals surface area (Å²) in [6, 6.07) is 7.75. The highest BCUT2D eigenvalue weighted by Crippen LogP contribution is 2.30. The van der Waals surface area contributed by atoms with Crippen LogP contribution in [-0.4, -0.2) is 53.2 Å². The van der Waals surface area contributed by atoms with E-state index in [4.69, 9.17) is 16.0 Å². The highest BCUT2D eigenvalue weighted by Gasteiger charge is 2.34. The monoisotopic (exact) mass is 615 g/mol. The molecule has 2 aromatic heterocycles. The molecular formula is C34H41N5O6. The van der Waals surface area contributed by atoms with E-state index in [1.165, 1.54) is 32.1 Å². The number of nitrogens with one attached hydrogen (secondary N) is 1. The maximum atomic E-state index is 13.2. The fraction of sp³-hybridized carbons (Fsp3) is 0.412. The quantitative estimate of drug-likeness (QED) is 0.152. The van der Waals surface area contributed by atoms with E-state index < -0.39 is 23.3 Å². The molecular weight excluding hydrogens is 574 g/mol. The topological polar surface area (TPSA) is 143 Å². The molecule has 2 aromatic rings. The molecule has 0 fully saturated rings. The molecule has 11 heteroatoms. The summed E-state index contributed by atoms with van der Waals surface area (Å²) in [7, 11) is 0. The average molecular weight is 616 g/mol. The number of pyridine rings is 2. The Bertz CT molecular complexity index is 1550. The van der Waals surface area contributed by atoms with Gasteiger partial charge in [-0.3, -0.25) is 19.3 Å². The SMILES string of the molecule is [C-]#[N+]c1c(C)c(C=CC=C2C(=O)N(CCCOC(C)C)C(=O)C(C#N)=C2C)c(=O)n(CCCOC(C)C)c1[O-].c1cc[nH+]cc1. The van der Waals surface area contributed by atoms with E-state index in [2.05, 4.69) is 9.83 Å². The molecule has 0 aliphatic carbocycles. The maximum Gasteiger partial charge on any atom is 0.271 e. The lowest BCUT2D eigenvalue weighted by Gasteiger charge is -2.27. The Labute approximate surface area is 264 Å². The van der Waals surface area contributed by atoms with Crippen LogP contribution in [0.25, 0.3) is 10.9 Å². The highest BCUT2D eigenvalue weighted by molar-refractivity contribution is 6.18. The minimum Gasteiger partial charge on any atom is -0.869 e. The number of carbonyl (C=O) groups excluding carboxylic acids is 2. The van der Waals surface area contributed by atoms with Gasteiger partial charge in [0.15, 0.2) is 18.1 Å². The normalized spacial score (nSPS) is 14.3. The summed E-state index contributed by atoms with van der Waals surface area (Å²) >= 11 is 0. The summed E-state index contributed by atoms with van der Waals surface area (Å²) in [5.74, 6) is -1.86. The van der Waals surface area contributed by atoms with E-state index in [9.17, 15) is 24.8 Å². The molecule has 1 N–H and O–H groups in total. The van der Waals surface area contributed by atoms with E-state index in [0.717, 1.165) is 9.47 Å². The van der Waals surface area contributed by atoms with Gasteiger partial charge < -0.3 is 19.1 Å². The molecule has 0 spiro atoms. The molecule has 0 radical (unpaired) electrons. The van der Waals surface area contributed by atoms with Gasteiger partial charge in [0, 0.05) is 49.6 Å². The van der Waals surface area contributed by atoms with Gasteiger partial charge >= 0.3 is 0 Å². The van der Waals surface area contributed by atoms with Crippen molar-refractivity contribution in [3.8, 4) is 11.9 Å². The second-order valence-corrected chi connectivity index (χ2v) is 10.7. The summed E-state index contributed by atoms with van der Waals surface area (Å²) in [4.78, 5) is 46.3. The number of aromatic nitrogens is 2. The number of aromatic amines is 1. The maximum absolute atomic E-state index is 13.2. The predicted molar refractivity (Wildman–Crippen MR) is 168 cm³/mol. The van der Waals surface area contributed by atoms with E-state index in [1.54, 1.807) is 0 Å². The van der Waals surface area contributed by atoms with Crippen molar-refractivity contribution in [1.29, 1.82) is 5.26 Å². The van der Waals surface area contributed by atoms with Gasteiger partial charge in [-0.15, -0.1) is 0 Å². The summed E-state index contributed by atoms with van der Waals surface area (Å²) in [5, 5.41) is 22.3. The molecule has 0 aromatic carbocycles. The van der Waals surface area contributed by atoms with Crippen molar-refractivity contribution in [1.82, 2.24) is 9.47 Å². The van der Waals surface area contributed by atoms with Gasteiger partial charge in [-0.1, -0.05) is 18.2 Å². The number of nitriles is 1. The first-order valence-electron chi connectivity index (χ1n) is 14.8. The summed E-state index contributed by atoms with van der Waals surface area (Å²) in [6.07, 6.45) is 8.93. The zero-order chi connectivity index (χ0) is 33.5. The number of nitrogens with zero attached hydrogens (tertiary/aromatic N) is 4. The Morgan fingerprint density at radius 2 is 1.60 bits per heavy atom. The van der Waals surface area contributed by atoms with Gasteiger partial charge in [0.25, 0.3) is 17.4 Å². The number of H-pyrrole nitrogens is 1. The standard InChI is InChI=1S/C29H36N4O6.C5H5N/c1-18(2)38-15-9-13-32-26(34)22(20(5)24(17-30)28(32)36)11-8-12-23-21(6)25(31-7)29(37)33(27(23)35)14-10-16-39-19(3)4;1-2-4-6-5-3-1/h8,11-12,18-19,37H,9-10,13-16H2,1-6H3;1-5H. The second-order valence-electron chi connectivity index (χ2n) is 10.7. The van der Waals surface area contributed by atoms with Crippen LogP contribution < -0.4 is 15.6 Å². The molecule has 2 amide bonds. The summed E-state index contributed by atoms with van der Waals surface area (Å²) in [5.41, 5.74) is -0.0656. The third-order valence-electron chi connectivity index (χ3n) is 6.71. The molecule has 0 bridgehead atoms. The lowest BCUT2D eigenvalue weighted by molar-refractivity contribution is -0.378. The molecule has 45 heavy (non-hydrogen) atoms. The molecule has 0 atom stereocenters. The molecule has 238 valence electrons. The van der Waals surface area contributed by atoms with Crippen LogP contribution in [0.5, 0.6) is 5.88 Å². The second kappa shape index (κ2) is 18.1. The molecule has 1 aliphatic rings. The van der Waals surface area contributed by atoms with Crippen LogP contribution in [0.4, 0.5) is 5.69 Å². The Morgan fingerprint density at radius 3 is 2.09 bits per heavy atom. The van der Waals surface area contributed by atoms with Crippen molar-refractivity contribution in [2.75, 3.05) is 19.8 Å². The summed E-state index contributed by atoms with van der Waals surface area (Å²) in [6.45, 7) is 18.9. The highest BCUT2D eigenvalue weighted by atomic mass is 16.5. The fourth-order valence-electron chi connectivity index (χ4n) is 4.37. The number of carbonyl (C=O) groups is 2. The van der Waals surface area contributed by atoms with Crippen LogP contribution in [0.2, 0.25) is 0 Å². The number of hydrogen-bond acceptors (Lipinski definition) is 7. The molecule has 3 rings (SSSR count). The first-order chi connectivity index (χ1) is 21.5. The van der Waals surface area contributed by atoms with Crippen LogP contribution >= 0.6 is 0 Å². The fourth-order valence-corrected chi connectivity index (χ4v) is 4.37. The number of ether oxygens (including phenoxy) is 2. The smallest absolute Gasteiger partial charge is 0.271 e. The lowest BCUT2D eigenvalue weighted by Crippen LogP contribution is -2.43. The summed E-state index contributed by atoms with van der Waals surface area (Å²) < 4.78 is 12.0. The van der Waals surface area contributed by atoms with Gasteiger partial charge in [0.1, 0.15) is 11.6 Å². The Hall–Kier alpha value is -4.84. The van der Waals surface area contributed by atoms with Crippen LogP contribution in [0.3, 0.4) is 0 Å². The number of amides is 2. The lowest BCUT2D eigenvalue weighted by atomic mass is 9.94. The van der Waals surface area contributed by atoms with Crippen molar-refractivity contribution >= 4 is 23.6 Å². The van der Waals surface area contributed by atoms with E-state index in [0.29, 0.717) is 26.1 Å². The number of imide groups is 1. The van der Waals surface area contributed by atoms with Crippen LogP contribution in [0.1, 0.15) is 58.6 Å². The third-order valence-corrected chi connectivity index (χ3v) is 6.71. The van der Waals surface area contributed by atoms with Crippen molar-refractivity contribution in [2.45, 2.75) is 73.1 Å². The minimum absolute atomic E-state index is 0.00984. The Morgan fingerprint density at radius 1 is 1.00 bits per heavy atom. The van der Waals surface area contributed by atoms with Crippen LogP contribution in [-0.2, 0) is 25.6 Å². The largest absolute Gasteiger partial charge is 0.869 e. The zero-order valence-corrected chi connectivity index (χ0v) is 26.8. The van der Waals surface area contributed by atoms with E-state index in [-0.39, 0.29) is 58.8 Å². The zero-order valence-electron chi connectivity index (χ0n) is 26.8. The molecule has 0 unspecified atom stereocenters. The van der Waals surface area contributed by atoms with Crippen molar-refractivity contribution in [3.05, 3.63) is 92.4 Å². The Balaban J connectivity index is 0.00000105. The molecule has 0 saturated heterocycles. The number of rotatable bonds is 12. The molecule has 0 saturated carbocycles. The first kappa shape index (κ1) is 36.4. The van der Waals surface area contributed by atoms with Crippen molar-refractivity contribution in [2.24, 2.45) is 0 Å². The first-order valence-corrected chi connectivity index (χ1v) is 14.8. The van der Waals surface area contributed by atoms with Crippen molar-refractivity contribution < 1.29 is 29.2 Å².